The predicted molar refractivity (Wildman–Crippen MR) is 74.2 cm³/mol. The second-order valence-electron chi connectivity index (χ2n) is 4.20. The van der Waals surface area contributed by atoms with Gasteiger partial charge in [-0.05, 0) is 37.6 Å². The quantitative estimate of drug-likeness (QED) is 0.714. The Hall–Kier alpha value is -1.44. The van der Waals surface area contributed by atoms with Crippen molar-refractivity contribution in [1.82, 2.24) is 4.72 Å². The number of carbonyl (C=O) groups excluding carboxylic acids is 1. The molecule has 0 heterocycles. The number of carbonyl (C=O) groups is 1. The van der Waals surface area contributed by atoms with Gasteiger partial charge < -0.3 is 11.1 Å². The molecule has 1 amide bonds. The zero-order chi connectivity index (χ0) is 14.5. The average molecular weight is 285 g/mol. The molecule has 1 aromatic carbocycles. The van der Waals surface area contributed by atoms with Crippen LogP contribution in [0.3, 0.4) is 0 Å². The van der Waals surface area contributed by atoms with E-state index in [4.69, 9.17) is 5.73 Å². The number of anilines is 1. The number of nitrogens with two attached hydrogens (primary N) is 1. The zero-order valence-electron chi connectivity index (χ0n) is 11.0. The number of hydrogen-bond donors (Lipinski definition) is 3. The van der Waals surface area contributed by atoms with Crippen molar-refractivity contribution < 1.29 is 13.2 Å². The number of rotatable bonds is 6. The van der Waals surface area contributed by atoms with Gasteiger partial charge in [-0.25, -0.2) is 13.1 Å². The van der Waals surface area contributed by atoms with Crippen LogP contribution in [0.5, 0.6) is 0 Å². The Labute approximate surface area is 113 Å². The van der Waals surface area contributed by atoms with E-state index in [2.05, 4.69) is 10.0 Å². The average Bonchev–Trinajstić information content (AvgIpc) is 2.37. The molecule has 0 aromatic heterocycles. The van der Waals surface area contributed by atoms with Gasteiger partial charge in [-0.1, -0.05) is 6.92 Å². The van der Waals surface area contributed by atoms with E-state index in [1.54, 1.807) is 6.92 Å². The molecule has 7 heteroatoms. The summed E-state index contributed by atoms with van der Waals surface area (Å²) in [6.07, 6.45) is 0.724. The molecule has 0 saturated carbocycles. The molecule has 0 fully saturated rings. The fourth-order valence-electron chi connectivity index (χ4n) is 1.29. The minimum absolute atomic E-state index is 0.166. The standard InChI is InChI=1S/C12H19N3O3S/c1-3-8-14-19(17,18)11-6-4-10(5-7-11)15-12(16)9(2)13/h4-7,9,14H,3,8,13H2,1-2H3,(H,15,16)/t9-/m0/s1. The van der Waals surface area contributed by atoms with Crippen molar-refractivity contribution in [2.45, 2.75) is 31.2 Å². The Morgan fingerprint density at radius 2 is 1.89 bits per heavy atom. The van der Waals surface area contributed by atoms with Crippen LogP contribution in [0.4, 0.5) is 5.69 Å². The number of hydrogen-bond acceptors (Lipinski definition) is 4. The van der Waals surface area contributed by atoms with E-state index in [1.165, 1.54) is 24.3 Å². The lowest BCUT2D eigenvalue weighted by Crippen LogP contribution is -2.32. The van der Waals surface area contributed by atoms with Gasteiger partial charge in [0.2, 0.25) is 15.9 Å². The Kier molecular flexibility index (Phi) is 5.46. The van der Waals surface area contributed by atoms with Crippen LogP contribution in [0.25, 0.3) is 0 Å². The SMILES string of the molecule is CCCNS(=O)(=O)c1ccc(NC(=O)[C@H](C)N)cc1. The lowest BCUT2D eigenvalue weighted by Gasteiger charge is -2.09. The highest BCUT2D eigenvalue weighted by atomic mass is 32.2. The number of sulfonamides is 1. The van der Waals surface area contributed by atoms with Crippen LogP contribution >= 0.6 is 0 Å². The number of nitrogens with one attached hydrogen (secondary N) is 2. The van der Waals surface area contributed by atoms with Crippen LogP contribution in [0.2, 0.25) is 0 Å². The summed E-state index contributed by atoms with van der Waals surface area (Å²) in [6, 6.07) is 5.32. The van der Waals surface area contributed by atoms with Crippen LogP contribution in [-0.4, -0.2) is 26.9 Å². The normalized spacial score (nSPS) is 13.0. The van der Waals surface area contributed by atoms with E-state index in [9.17, 15) is 13.2 Å². The fraction of sp³-hybridized carbons (Fsp3) is 0.417. The van der Waals surface area contributed by atoms with Gasteiger partial charge in [0.25, 0.3) is 0 Å². The van der Waals surface area contributed by atoms with E-state index in [0.717, 1.165) is 6.42 Å². The summed E-state index contributed by atoms with van der Waals surface area (Å²) in [6.45, 7) is 3.85. The molecule has 0 aliphatic heterocycles. The van der Waals surface area contributed by atoms with Crippen LogP contribution < -0.4 is 15.8 Å². The van der Waals surface area contributed by atoms with Crippen molar-refractivity contribution in [3.63, 3.8) is 0 Å². The molecule has 0 bridgehead atoms. The summed E-state index contributed by atoms with van der Waals surface area (Å²) < 4.78 is 26.1. The van der Waals surface area contributed by atoms with Gasteiger partial charge in [0, 0.05) is 12.2 Å². The Balaban J connectivity index is 2.79. The monoisotopic (exact) mass is 285 g/mol. The predicted octanol–water partition coefficient (Wildman–Crippen LogP) is 0.661. The van der Waals surface area contributed by atoms with Gasteiger partial charge in [-0.15, -0.1) is 0 Å². The summed E-state index contributed by atoms with van der Waals surface area (Å²) in [5.41, 5.74) is 5.93. The molecule has 0 spiro atoms. The molecular formula is C12H19N3O3S. The van der Waals surface area contributed by atoms with Crippen LogP contribution in [0.15, 0.2) is 29.2 Å². The maximum Gasteiger partial charge on any atom is 0.240 e. The third kappa shape index (κ3) is 4.62. The summed E-state index contributed by atoms with van der Waals surface area (Å²) in [4.78, 5) is 11.5. The van der Waals surface area contributed by atoms with Gasteiger partial charge in [0.05, 0.1) is 10.9 Å². The third-order valence-electron chi connectivity index (χ3n) is 2.39. The first-order chi connectivity index (χ1) is 8.86. The van der Waals surface area contributed by atoms with Crippen molar-refractivity contribution >= 4 is 21.6 Å². The van der Waals surface area contributed by atoms with Gasteiger partial charge in [-0.3, -0.25) is 4.79 Å². The summed E-state index contributed by atoms with van der Waals surface area (Å²) in [5, 5.41) is 2.58. The summed E-state index contributed by atoms with van der Waals surface area (Å²) in [7, 11) is -3.47. The van der Waals surface area contributed by atoms with E-state index in [1.807, 2.05) is 6.92 Å². The molecule has 0 aliphatic rings. The maximum absolute atomic E-state index is 11.8. The zero-order valence-corrected chi connectivity index (χ0v) is 11.8. The largest absolute Gasteiger partial charge is 0.325 e. The van der Waals surface area contributed by atoms with Crippen molar-refractivity contribution in [1.29, 1.82) is 0 Å². The molecule has 0 aliphatic carbocycles. The van der Waals surface area contributed by atoms with Crippen molar-refractivity contribution in [3.8, 4) is 0 Å². The van der Waals surface area contributed by atoms with Crippen LogP contribution in [0.1, 0.15) is 20.3 Å². The molecule has 19 heavy (non-hydrogen) atoms. The maximum atomic E-state index is 11.8. The Morgan fingerprint density at radius 1 is 1.32 bits per heavy atom. The van der Waals surface area contributed by atoms with Gasteiger partial charge in [0.15, 0.2) is 0 Å². The number of benzene rings is 1. The highest BCUT2D eigenvalue weighted by Gasteiger charge is 2.13. The highest BCUT2D eigenvalue weighted by Crippen LogP contribution is 2.14. The Bertz CT molecular complexity index is 524. The smallest absolute Gasteiger partial charge is 0.240 e. The van der Waals surface area contributed by atoms with Gasteiger partial charge in [-0.2, -0.15) is 0 Å². The number of amides is 1. The van der Waals surface area contributed by atoms with Crippen molar-refractivity contribution in [2.75, 3.05) is 11.9 Å². The fourth-order valence-corrected chi connectivity index (χ4v) is 2.43. The van der Waals surface area contributed by atoms with E-state index in [-0.39, 0.29) is 10.8 Å². The topological polar surface area (TPSA) is 101 Å². The summed E-state index contributed by atoms with van der Waals surface area (Å²) in [5.74, 6) is -0.320. The van der Waals surface area contributed by atoms with E-state index < -0.39 is 16.1 Å². The molecule has 106 valence electrons. The van der Waals surface area contributed by atoms with Crippen molar-refractivity contribution in [2.24, 2.45) is 5.73 Å². The van der Waals surface area contributed by atoms with Crippen molar-refractivity contribution in [3.05, 3.63) is 24.3 Å². The van der Waals surface area contributed by atoms with Gasteiger partial charge in [0.1, 0.15) is 0 Å². The lowest BCUT2D eigenvalue weighted by atomic mass is 10.3. The molecule has 1 aromatic rings. The summed E-state index contributed by atoms with van der Waals surface area (Å²) >= 11 is 0. The van der Waals surface area contributed by atoms with Crippen LogP contribution in [0, 0.1) is 0 Å². The second-order valence-corrected chi connectivity index (χ2v) is 5.97. The molecule has 0 unspecified atom stereocenters. The molecule has 6 nitrogen and oxygen atoms in total. The highest BCUT2D eigenvalue weighted by molar-refractivity contribution is 7.89. The minimum Gasteiger partial charge on any atom is -0.325 e. The first-order valence-electron chi connectivity index (χ1n) is 6.03. The first kappa shape index (κ1) is 15.6. The second kappa shape index (κ2) is 6.65. The molecule has 0 radical (unpaired) electrons. The first-order valence-corrected chi connectivity index (χ1v) is 7.51. The van der Waals surface area contributed by atoms with Gasteiger partial charge >= 0.3 is 0 Å². The Morgan fingerprint density at radius 3 is 2.37 bits per heavy atom. The molecule has 1 rings (SSSR count). The third-order valence-corrected chi connectivity index (χ3v) is 3.86. The molecular weight excluding hydrogens is 266 g/mol. The van der Waals surface area contributed by atoms with E-state index in [0.29, 0.717) is 12.2 Å². The van der Waals surface area contributed by atoms with Crippen LogP contribution in [-0.2, 0) is 14.8 Å². The molecule has 0 saturated heterocycles. The molecule has 1 atom stereocenters. The lowest BCUT2D eigenvalue weighted by molar-refractivity contribution is -0.117. The van der Waals surface area contributed by atoms with E-state index >= 15 is 0 Å². The molecule has 4 N–H and O–H groups in total. The minimum atomic E-state index is -3.47.